The predicted molar refractivity (Wildman–Crippen MR) is 93.0 cm³/mol. The van der Waals surface area contributed by atoms with Gasteiger partial charge in [0.25, 0.3) is 0 Å². The van der Waals surface area contributed by atoms with Crippen LogP contribution in [0.15, 0.2) is 71.9 Å². The van der Waals surface area contributed by atoms with Gasteiger partial charge in [-0.2, -0.15) is 0 Å². The first-order chi connectivity index (χ1) is 11.7. The monoisotopic (exact) mass is 320 g/mol. The van der Waals surface area contributed by atoms with E-state index < -0.39 is 5.97 Å². The van der Waals surface area contributed by atoms with Gasteiger partial charge in [-0.1, -0.05) is 12.1 Å². The minimum atomic E-state index is -0.949. The van der Waals surface area contributed by atoms with Crippen molar-refractivity contribution >= 4 is 17.9 Å². The zero-order chi connectivity index (χ0) is 16.9. The molecule has 0 amide bonds. The Morgan fingerprint density at radius 2 is 1.96 bits per heavy atom. The highest BCUT2D eigenvalue weighted by Gasteiger charge is 2.06. The molecule has 0 atom stereocenters. The lowest BCUT2D eigenvalue weighted by atomic mass is 10.2. The Kier molecular flexibility index (Phi) is 4.43. The third-order valence-electron chi connectivity index (χ3n) is 3.55. The Bertz CT molecular complexity index is 897. The molecule has 3 aromatic rings. The largest absolute Gasteiger partial charge is 0.497 e. The molecule has 0 saturated heterocycles. The molecular weight excluding hydrogens is 304 g/mol. The zero-order valence-corrected chi connectivity index (χ0v) is 13.1. The Balaban J connectivity index is 1.91. The van der Waals surface area contributed by atoms with Crippen LogP contribution >= 0.6 is 0 Å². The van der Waals surface area contributed by atoms with Crippen LogP contribution in [-0.4, -0.2) is 29.0 Å². The number of carboxylic acid groups (broad SMARTS) is 1. The number of aromatic carboxylic acids is 1. The topological polar surface area (TPSA) is 63.8 Å². The number of methoxy groups -OCH3 is 1. The lowest BCUT2D eigenvalue weighted by Crippen LogP contribution is -2.01. The molecular formula is C19H16N2O3. The molecule has 5 nitrogen and oxygen atoms in total. The van der Waals surface area contributed by atoms with Crippen LogP contribution in [-0.2, 0) is 0 Å². The van der Waals surface area contributed by atoms with E-state index in [1.165, 1.54) is 0 Å². The molecule has 0 aliphatic heterocycles. The minimum Gasteiger partial charge on any atom is -0.497 e. The first-order valence-electron chi connectivity index (χ1n) is 7.36. The molecule has 120 valence electrons. The second-order valence-corrected chi connectivity index (χ2v) is 5.12. The van der Waals surface area contributed by atoms with Crippen molar-refractivity contribution in [3.05, 3.63) is 78.1 Å². The SMILES string of the molecule is COc1cccc(N=Cc2cccn2-c2cccc(C(=O)O)c2)c1. The van der Waals surface area contributed by atoms with E-state index in [1.807, 2.05) is 53.2 Å². The smallest absolute Gasteiger partial charge is 0.335 e. The fourth-order valence-corrected chi connectivity index (χ4v) is 2.35. The van der Waals surface area contributed by atoms with E-state index in [0.29, 0.717) is 0 Å². The summed E-state index contributed by atoms with van der Waals surface area (Å²) < 4.78 is 7.07. The molecule has 0 radical (unpaired) electrons. The van der Waals surface area contributed by atoms with Crippen LogP contribution in [0.25, 0.3) is 5.69 Å². The van der Waals surface area contributed by atoms with E-state index in [2.05, 4.69) is 4.99 Å². The van der Waals surface area contributed by atoms with Crippen LogP contribution in [0.3, 0.4) is 0 Å². The van der Waals surface area contributed by atoms with Crippen molar-refractivity contribution in [2.75, 3.05) is 7.11 Å². The van der Waals surface area contributed by atoms with Crippen LogP contribution in [0.1, 0.15) is 16.1 Å². The number of carboxylic acids is 1. The lowest BCUT2D eigenvalue weighted by Gasteiger charge is -2.07. The number of benzene rings is 2. The molecule has 0 saturated carbocycles. The van der Waals surface area contributed by atoms with Crippen molar-refractivity contribution in [3.8, 4) is 11.4 Å². The molecule has 0 aliphatic carbocycles. The molecule has 0 spiro atoms. The van der Waals surface area contributed by atoms with E-state index in [1.54, 1.807) is 31.5 Å². The Labute approximate surface area is 139 Å². The molecule has 5 heteroatoms. The number of hydrogen-bond acceptors (Lipinski definition) is 3. The Morgan fingerprint density at radius 3 is 2.75 bits per heavy atom. The van der Waals surface area contributed by atoms with Crippen molar-refractivity contribution < 1.29 is 14.6 Å². The van der Waals surface area contributed by atoms with Gasteiger partial charge in [0, 0.05) is 18.0 Å². The van der Waals surface area contributed by atoms with Crippen LogP contribution in [0.5, 0.6) is 5.75 Å². The van der Waals surface area contributed by atoms with Gasteiger partial charge in [0.2, 0.25) is 0 Å². The standard InChI is InChI=1S/C19H16N2O3/c1-24-18-9-3-6-15(12-18)20-13-17-8-4-10-21(17)16-7-2-5-14(11-16)19(22)23/h2-13H,1H3,(H,22,23). The summed E-state index contributed by atoms with van der Waals surface area (Å²) in [7, 11) is 1.61. The molecule has 1 N–H and O–H groups in total. The summed E-state index contributed by atoms with van der Waals surface area (Å²) in [4.78, 5) is 15.6. The van der Waals surface area contributed by atoms with Crippen molar-refractivity contribution in [1.29, 1.82) is 0 Å². The normalized spacial score (nSPS) is 10.9. The van der Waals surface area contributed by atoms with E-state index in [0.717, 1.165) is 22.8 Å². The first-order valence-corrected chi connectivity index (χ1v) is 7.36. The van der Waals surface area contributed by atoms with Crippen molar-refractivity contribution in [2.45, 2.75) is 0 Å². The van der Waals surface area contributed by atoms with Crippen LogP contribution < -0.4 is 4.74 Å². The molecule has 0 unspecified atom stereocenters. The van der Waals surface area contributed by atoms with Gasteiger partial charge in [-0.15, -0.1) is 0 Å². The van der Waals surface area contributed by atoms with Gasteiger partial charge in [0.1, 0.15) is 5.75 Å². The van der Waals surface area contributed by atoms with E-state index in [9.17, 15) is 4.79 Å². The second-order valence-electron chi connectivity index (χ2n) is 5.12. The number of rotatable bonds is 5. The highest BCUT2D eigenvalue weighted by atomic mass is 16.5. The summed E-state index contributed by atoms with van der Waals surface area (Å²) in [6.45, 7) is 0. The summed E-state index contributed by atoms with van der Waals surface area (Å²) in [6.07, 6.45) is 3.61. The maximum Gasteiger partial charge on any atom is 0.335 e. The Morgan fingerprint density at radius 1 is 1.12 bits per heavy atom. The highest BCUT2D eigenvalue weighted by Crippen LogP contribution is 2.20. The molecule has 0 fully saturated rings. The maximum absolute atomic E-state index is 11.1. The third-order valence-corrected chi connectivity index (χ3v) is 3.55. The average molecular weight is 320 g/mol. The molecule has 24 heavy (non-hydrogen) atoms. The molecule has 1 heterocycles. The summed E-state index contributed by atoms with van der Waals surface area (Å²) in [5.41, 5.74) is 2.64. The van der Waals surface area contributed by atoms with Crippen molar-refractivity contribution in [3.63, 3.8) is 0 Å². The molecule has 3 rings (SSSR count). The number of hydrogen-bond donors (Lipinski definition) is 1. The highest BCUT2D eigenvalue weighted by molar-refractivity contribution is 5.88. The number of aliphatic imine (C=N–C) groups is 1. The third kappa shape index (κ3) is 3.35. The van der Waals surface area contributed by atoms with Gasteiger partial charge in [-0.25, -0.2) is 4.79 Å². The molecule has 0 bridgehead atoms. The number of carbonyl (C=O) groups is 1. The quantitative estimate of drug-likeness (QED) is 0.724. The summed E-state index contributed by atoms with van der Waals surface area (Å²) >= 11 is 0. The van der Waals surface area contributed by atoms with E-state index in [4.69, 9.17) is 9.84 Å². The van der Waals surface area contributed by atoms with Gasteiger partial charge < -0.3 is 14.4 Å². The lowest BCUT2D eigenvalue weighted by molar-refractivity contribution is 0.0697. The van der Waals surface area contributed by atoms with Gasteiger partial charge in [0.05, 0.1) is 30.3 Å². The molecule has 2 aromatic carbocycles. The van der Waals surface area contributed by atoms with Gasteiger partial charge in [-0.05, 0) is 42.5 Å². The summed E-state index contributed by atoms with van der Waals surface area (Å²) in [5.74, 6) is -0.204. The van der Waals surface area contributed by atoms with Crippen LogP contribution in [0, 0.1) is 0 Å². The predicted octanol–water partition coefficient (Wildman–Crippen LogP) is 3.93. The van der Waals surface area contributed by atoms with Gasteiger partial charge in [-0.3, -0.25) is 4.99 Å². The van der Waals surface area contributed by atoms with Crippen LogP contribution in [0.4, 0.5) is 5.69 Å². The Hall–Kier alpha value is -3.34. The average Bonchev–Trinajstić information content (AvgIpc) is 3.09. The fourth-order valence-electron chi connectivity index (χ4n) is 2.35. The fraction of sp³-hybridized carbons (Fsp3) is 0.0526. The van der Waals surface area contributed by atoms with E-state index >= 15 is 0 Å². The zero-order valence-electron chi connectivity index (χ0n) is 13.1. The van der Waals surface area contributed by atoms with Gasteiger partial charge in [0.15, 0.2) is 0 Å². The number of aromatic nitrogens is 1. The van der Waals surface area contributed by atoms with Crippen LogP contribution in [0.2, 0.25) is 0 Å². The summed E-state index contributed by atoms with van der Waals surface area (Å²) in [6, 6.07) is 18.0. The minimum absolute atomic E-state index is 0.247. The van der Waals surface area contributed by atoms with Crippen molar-refractivity contribution in [1.82, 2.24) is 4.57 Å². The van der Waals surface area contributed by atoms with E-state index in [-0.39, 0.29) is 5.56 Å². The first kappa shape index (κ1) is 15.6. The molecule has 1 aromatic heterocycles. The molecule has 0 aliphatic rings. The van der Waals surface area contributed by atoms with Crippen molar-refractivity contribution in [2.24, 2.45) is 4.99 Å². The van der Waals surface area contributed by atoms with Gasteiger partial charge >= 0.3 is 5.97 Å². The summed E-state index contributed by atoms with van der Waals surface area (Å²) in [5, 5.41) is 9.13. The number of nitrogens with zero attached hydrogens (tertiary/aromatic N) is 2. The second kappa shape index (κ2) is 6.83. The maximum atomic E-state index is 11.1. The number of ether oxygens (including phenoxy) is 1.